The summed E-state index contributed by atoms with van der Waals surface area (Å²) in [6, 6.07) is 6.64. The third kappa shape index (κ3) is 5.04. The van der Waals surface area contributed by atoms with E-state index in [4.69, 9.17) is 5.11 Å². The summed E-state index contributed by atoms with van der Waals surface area (Å²) in [6.45, 7) is 10.9. The molecule has 0 radical (unpaired) electrons. The Bertz CT molecular complexity index is 519. The molecule has 1 aromatic rings. The van der Waals surface area contributed by atoms with Gasteiger partial charge in [0.1, 0.15) is 0 Å². The molecular weight excluding hydrogens is 260 g/mol. The van der Waals surface area contributed by atoms with Crippen LogP contribution in [0, 0.1) is 0 Å². The molecule has 1 N–H and O–H groups in total. The van der Waals surface area contributed by atoms with Crippen LogP contribution in [0.25, 0.3) is 5.57 Å². The highest BCUT2D eigenvalue weighted by Gasteiger charge is 2.16. The second kappa shape index (κ2) is 7.44. The van der Waals surface area contributed by atoms with E-state index in [1.807, 2.05) is 6.08 Å². The first kappa shape index (κ1) is 17.5. The summed E-state index contributed by atoms with van der Waals surface area (Å²) in [5.74, 6) is -0.770. The topological polar surface area (TPSA) is 37.3 Å². The van der Waals surface area contributed by atoms with E-state index in [1.54, 1.807) is 0 Å². The molecule has 0 aliphatic carbocycles. The summed E-state index contributed by atoms with van der Waals surface area (Å²) in [6.07, 6.45) is 4.89. The van der Waals surface area contributed by atoms with E-state index in [9.17, 15) is 4.79 Å². The number of rotatable bonds is 6. The van der Waals surface area contributed by atoms with E-state index in [0.717, 1.165) is 19.3 Å². The summed E-state index contributed by atoms with van der Waals surface area (Å²) in [7, 11) is 0. The van der Waals surface area contributed by atoms with E-state index in [1.165, 1.54) is 22.3 Å². The van der Waals surface area contributed by atoms with Crippen LogP contribution in [-0.2, 0) is 16.6 Å². The van der Waals surface area contributed by atoms with Crippen molar-refractivity contribution in [1.29, 1.82) is 0 Å². The summed E-state index contributed by atoms with van der Waals surface area (Å²) < 4.78 is 0. The Morgan fingerprint density at radius 1 is 1.24 bits per heavy atom. The maximum absolute atomic E-state index is 10.9. The van der Waals surface area contributed by atoms with E-state index < -0.39 is 5.97 Å². The molecule has 0 heterocycles. The maximum atomic E-state index is 10.9. The SMILES string of the molecule is CCC/C(=C\CC(=O)O)c1cc(C(C)(C)C)ccc1CC. The Labute approximate surface area is 128 Å². The number of allylic oxidation sites excluding steroid dienone is 1. The van der Waals surface area contributed by atoms with Crippen LogP contribution in [0.3, 0.4) is 0 Å². The molecule has 0 aromatic heterocycles. The Hall–Kier alpha value is -1.57. The minimum Gasteiger partial charge on any atom is -0.481 e. The Kier molecular flexibility index (Phi) is 6.19. The van der Waals surface area contributed by atoms with Crippen LogP contribution >= 0.6 is 0 Å². The van der Waals surface area contributed by atoms with Crippen molar-refractivity contribution in [1.82, 2.24) is 0 Å². The fourth-order valence-electron chi connectivity index (χ4n) is 2.48. The molecule has 0 fully saturated rings. The minimum absolute atomic E-state index is 0.0955. The molecule has 0 amide bonds. The van der Waals surface area contributed by atoms with E-state index in [2.05, 4.69) is 52.8 Å². The summed E-state index contributed by atoms with van der Waals surface area (Å²) in [5, 5.41) is 8.94. The number of aryl methyl sites for hydroxylation is 1. The van der Waals surface area contributed by atoms with Crippen LogP contribution in [-0.4, -0.2) is 11.1 Å². The third-order valence-corrected chi connectivity index (χ3v) is 3.75. The van der Waals surface area contributed by atoms with Crippen molar-refractivity contribution in [3.8, 4) is 0 Å². The van der Waals surface area contributed by atoms with E-state index in [0.29, 0.717) is 0 Å². The second-order valence-corrected chi connectivity index (χ2v) is 6.55. The van der Waals surface area contributed by atoms with Crippen molar-refractivity contribution in [2.75, 3.05) is 0 Å². The first-order valence-corrected chi connectivity index (χ1v) is 7.84. The van der Waals surface area contributed by atoms with Gasteiger partial charge in [0, 0.05) is 0 Å². The molecule has 0 spiro atoms. The van der Waals surface area contributed by atoms with Gasteiger partial charge < -0.3 is 5.11 Å². The number of carbonyl (C=O) groups is 1. The van der Waals surface area contributed by atoms with Gasteiger partial charge in [0.05, 0.1) is 6.42 Å². The average Bonchev–Trinajstić information content (AvgIpc) is 2.41. The number of carboxylic acid groups (broad SMARTS) is 1. The fraction of sp³-hybridized carbons (Fsp3) is 0.526. The van der Waals surface area contributed by atoms with Gasteiger partial charge in [0.25, 0.3) is 0 Å². The standard InChI is InChI=1S/C19H28O2/c1-6-8-15(10-12-18(20)21)17-13-16(19(3,4)5)11-9-14(17)7-2/h9-11,13H,6-8,12H2,1-5H3,(H,20,21)/b15-10+. The molecule has 1 aromatic carbocycles. The lowest BCUT2D eigenvalue weighted by molar-refractivity contribution is -0.135. The predicted molar refractivity (Wildman–Crippen MR) is 89.7 cm³/mol. The van der Waals surface area contributed by atoms with Gasteiger partial charge in [-0.3, -0.25) is 4.79 Å². The molecule has 2 nitrogen and oxygen atoms in total. The van der Waals surface area contributed by atoms with Crippen molar-refractivity contribution in [2.45, 2.75) is 65.7 Å². The predicted octanol–water partition coefficient (Wildman–Crippen LogP) is 5.20. The van der Waals surface area contributed by atoms with Crippen LogP contribution in [0.1, 0.15) is 70.6 Å². The van der Waals surface area contributed by atoms with Gasteiger partial charge in [0.15, 0.2) is 0 Å². The number of hydrogen-bond acceptors (Lipinski definition) is 1. The lowest BCUT2D eigenvalue weighted by Gasteiger charge is -2.22. The highest BCUT2D eigenvalue weighted by atomic mass is 16.4. The largest absolute Gasteiger partial charge is 0.481 e. The molecule has 0 atom stereocenters. The molecule has 0 saturated heterocycles. The smallest absolute Gasteiger partial charge is 0.307 e. The Balaban J connectivity index is 3.33. The van der Waals surface area contributed by atoms with Crippen LogP contribution in [0.4, 0.5) is 0 Å². The molecule has 2 heteroatoms. The van der Waals surface area contributed by atoms with Crippen LogP contribution in [0.2, 0.25) is 0 Å². The lowest BCUT2D eigenvalue weighted by Crippen LogP contribution is -2.12. The molecule has 116 valence electrons. The van der Waals surface area contributed by atoms with Gasteiger partial charge in [-0.25, -0.2) is 0 Å². The highest BCUT2D eigenvalue weighted by Crippen LogP contribution is 2.30. The zero-order chi connectivity index (χ0) is 16.0. The summed E-state index contributed by atoms with van der Waals surface area (Å²) >= 11 is 0. The normalized spacial score (nSPS) is 12.5. The average molecular weight is 288 g/mol. The van der Waals surface area contributed by atoms with Crippen molar-refractivity contribution < 1.29 is 9.90 Å². The molecule has 21 heavy (non-hydrogen) atoms. The second-order valence-electron chi connectivity index (χ2n) is 6.55. The van der Waals surface area contributed by atoms with Crippen molar-refractivity contribution in [3.05, 3.63) is 41.0 Å². The lowest BCUT2D eigenvalue weighted by atomic mass is 9.83. The fourth-order valence-corrected chi connectivity index (χ4v) is 2.48. The number of carboxylic acids is 1. The minimum atomic E-state index is -0.770. The van der Waals surface area contributed by atoms with Gasteiger partial charge in [-0.1, -0.05) is 65.3 Å². The number of aliphatic carboxylic acids is 1. The van der Waals surface area contributed by atoms with Gasteiger partial charge in [-0.2, -0.15) is 0 Å². The van der Waals surface area contributed by atoms with E-state index >= 15 is 0 Å². The third-order valence-electron chi connectivity index (χ3n) is 3.75. The monoisotopic (exact) mass is 288 g/mol. The molecule has 0 aliphatic rings. The molecule has 0 unspecified atom stereocenters. The summed E-state index contributed by atoms with van der Waals surface area (Å²) in [5.41, 5.74) is 5.10. The van der Waals surface area contributed by atoms with Crippen molar-refractivity contribution >= 4 is 11.5 Å². The van der Waals surface area contributed by atoms with Crippen LogP contribution in [0.15, 0.2) is 24.3 Å². The van der Waals surface area contributed by atoms with Gasteiger partial charge in [-0.05, 0) is 40.5 Å². The Morgan fingerprint density at radius 2 is 1.90 bits per heavy atom. The molecule has 0 saturated carbocycles. The van der Waals surface area contributed by atoms with Crippen molar-refractivity contribution in [3.63, 3.8) is 0 Å². The quantitative estimate of drug-likeness (QED) is 0.780. The van der Waals surface area contributed by atoms with E-state index in [-0.39, 0.29) is 11.8 Å². The summed E-state index contributed by atoms with van der Waals surface area (Å²) in [4.78, 5) is 10.9. The number of benzene rings is 1. The maximum Gasteiger partial charge on any atom is 0.307 e. The first-order chi connectivity index (χ1) is 9.79. The van der Waals surface area contributed by atoms with Gasteiger partial charge in [0.2, 0.25) is 0 Å². The van der Waals surface area contributed by atoms with Gasteiger partial charge >= 0.3 is 5.97 Å². The molecule has 1 rings (SSSR count). The highest BCUT2D eigenvalue weighted by molar-refractivity contribution is 5.75. The van der Waals surface area contributed by atoms with Crippen molar-refractivity contribution in [2.24, 2.45) is 0 Å². The zero-order valence-electron chi connectivity index (χ0n) is 14.0. The van der Waals surface area contributed by atoms with Crippen LogP contribution < -0.4 is 0 Å². The molecule has 0 aliphatic heterocycles. The number of hydrogen-bond donors (Lipinski definition) is 1. The van der Waals surface area contributed by atoms with Crippen LogP contribution in [0.5, 0.6) is 0 Å². The molecular formula is C19H28O2. The Morgan fingerprint density at radius 3 is 2.38 bits per heavy atom. The molecule has 0 bridgehead atoms. The van der Waals surface area contributed by atoms with Gasteiger partial charge in [-0.15, -0.1) is 0 Å². The first-order valence-electron chi connectivity index (χ1n) is 7.84. The zero-order valence-corrected chi connectivity index (χ0v) is 14.0.